The summed E-state index contributed by atoms with van der Waals surface area (Å²) in [7, 11) is 0. The first-order valence-corrected chi connectivity index (χ1v) is 39.7. The van der Waals surface area contributed by atoms with E-state index in [0.29, 0.717) is 50.1 Å². The van der Waals surface area contributed by atoms with Crippen LogP contribution in [0.2, 0.25) is 0 Å². The molecule has 0 amide bonds. The SMILES string of the molecule is CC1=C[C@H]2[C@@]3(O)[C@H](C)C[C@]4(OC(=O)C(Cc5ccccc5)C(=O)O)[C@H]([C@@H]3C=C(CO)C[C@]2(O)C1=O)C4(C)C.CC1=C[C@H]2[C@@]3(O)[C@H](C)C[C@]4(OC(=O)[C@@H](Cc5ccccc5)C(=O)O)[C@H]([C@@H]3C=C(CO)C[C@]2(O)C1=O)C4(C)C.CC1=C[C@H]2[C@@]3(O)[C@H](C)C[C@]4(OC(=O)[C@H](Cc5ccccc5)C(=O)O)[C@H]([C@@H]3C=C(CO)C[C@]2(O)C1=O)C4(C)C. The summed E-state index contributed by atoms with van der Waals surface area (Å²) < 4.78 is 18.4. The number of ether oxygens (including phenoxy) is 3. The average molecular weight is 1570 g/mol. The highest BCUT2D eigenvalue weighted by Gasteiger charge is 2.87. The maximum Gasteiger partial charge on any atom is 0.321 e. The molecule has 15 rings (SSSR count). The fraction of sp³-hybridized carbons (Fsp3) is 0.567. The summed E-state index contributed by atoms with van der Waals surface area (Å²) in [5.41, 5.74) is -10.6. The third-order valence-electron chi connectivity index (χ3n) is 30.1. The molecule has 12 N–H and O–H groups in total. The molecule has 12 aliphatic carbocycles. The van der Waals surface area contributed by atoms with Crippen LogP contribution in [0.4, 0.5) is 0 Å². The first kappa shape index (κ1) is 83.5. The number of aliphatic hydroxyl groups excluding tert-OH is 3. The predicted molar refractivity (Wildman–Crippen MR) is 410 cm³/mol. The molecular formula is C90H108O24. The Morgan fingerprint density at radius 2 is 0.596 bits per heavy atom. The highest BCUT2D eigenvalue weighted by Crippen LogP contribution is 2.80. The molecule has 0 heterocycles. The van der Waals surface area contributed by atoms with Crippen molar-refractivity contribution >= 4 is 53.2 Å². The van der Waals surface area contributed by atoms with Gasteiger partial charge in [0.2, 0.25) is 0 Å². The molecule has 0 aromatic heterocycles. The minimum Gasteiger partial charge on any atom is -0.481 e. The van der Waals surface area contributed by atoms with Gasteiger partial charge in [-0.2, -0.15) is 0 Å². The van der Waals surface area contributed by atoms with Crippen molar-refractivity contribution < 1.29 is 119 Å². The molecule has 0 saturated heterocycles. The molecule has 24 atom stereocenters. The molecule has 24 nitrogen and oxygen atoms in total. The molecule has 3 aromatic carbocycles. The van der Waals surface area contributed by atoms with E-state index in [1.165, 1.54) is 0 Å². The van der Waals surface area contributed by atoms with Crippen molar-refractivity contribution in [3.05, 3.63) is 178 Å². The summed E-state index contributed by atoms with van der Waals surface area (Å²) in [5.74, 6) is -19.1. The summed E-state index contributed by atoms with van der Waals surface area (Å²) in [5, 5.41) is 132. The Hall–Kier alpha value is -8.43. The van der Waals surface area contributed by atoms with Gasteiger partial charge in [-0.15, -0.1) is 0 Å². The van der Waals surface area contributed by atoms with E-state index in [0.717, 1.165) is 0 Å². The van der Waals surface area contributed by atoms with Gasteiger partial charge >= 0.3 is 35.8 Å². The van der Waals surface area contributed by atoms with E-state index >= 15 is 0 Å². The number of Topliss-reactive ketones (excluding diaryl/α,β-unsaturated/α-hetero) is 3. The van der Waals surface area contributed by atoms with Crippen LogP contribution in [0.15, 0.2) is 161 Å². The average Bonchev–Trinajstić information content (AvgIpc) is 1.49. The van der Waals surface area contributed by atoms with Gasteiger partial charge in [-0.25, -0.2) is 0 Å². The number of aliphatic hydroxyl groups is 9. The van der Waals surface area contributed by atoms with E-state index in [4.69, 9.17) is 14.2 Å². The van der Waals surface area contributed by atoms with Crippen molar-refractivity contribution in [3.63, 3.8) is 0 Å². The molecule has 12 aliphatic rings. The molecule has 0 aliphatic heterocycles. The fourth-order valence-corrected chi connectivity index (χ4v) is 23.9. The first-order chi connectivity index (χ1) is 53.2. The van der Waals surface area contributed by atoms with Crippen LogP contribution in [0.1, 0.15) is 138 Å². The molecule has 0 bridgehead atoms. The van der Waals surface area contributed by atoms with Crippen molar-refractivity contribution in [3.8, 4) is 0 Å². The number of hydrogen-bond donors (Lipinski definition) is 12. The number of carbonyl (C=O) groups excluding carboxylic acids is 6. The molecule has 6 fully saturated rings. The summed E-state index contributed by atoms with van der Waals surface area (Å²) in [6.07, 6.45) is 10.6. The van der Waals surface area contributed by atoms with Crippen molar-refractivity contribution in [2.24, 2.45) is 105 Å². The lowest BCUT2D eigenvalue weighted by Crippen LogP contribution is -2.61. The van der Waals surface area contributed by atoms with Crippen LogP contribution < -0.4 is 0 Å². The number of esters is 3. The van der Waals surface area contributed by atoms with E-state index in [-0.39, 0.29) is 77.6 Å². The Labute approximate surface area is 662 Å². The lowest BCUT2D eigenvalue weighted by Gasteiger charge is -2.50. The number of carboxylic acids is 3. The van der Waals surface area contributed by atoms with Gasteiger partial charge in [-0.3, -0.25) is 43.2 Å². The zero-order valence-electron chi connectivity index (χ0n) is 66.5. The Morgan fingerprint density at radius 1 is 0.377 bits per heavy atom. The summed E-state index contributed by atoms with van der Waals surface area (Å²) in [4.78, 5) is 116. The van der Waals surface area contributed by atoms with Crippen molar-refractivity contribution in [2.75, 3.05) is 19.8 Å². The van der Waals surface area contributed by atoms with Gasteiger partial charge in [0.1, 0.15) is 33.6 Å². The highest BCUT2D eigenvalue weighted by atomic mass is 16.6. The number of hydrogen-bond acceptors (Lipinski definition) is 21. The van der Waals surface area contributed by atoms with Gasteiger partial charge in [0.25, 0.3) is 0 Å². The van der Waals surface area contributed by atoms with Crippen LogP contribution in [-0.4, -0.2) is 185 Å². The number of carboxylic acid groups (broad SMARTS) is 3. The Morgan fingerprint density at radius 3 is 0.798 bits per heavy atom. The molecular weight excluding hydrogens is 1460 g/mol. The van der Waals surface area contributed by atoms with Gasteiger partial charge in [-0.1, -0.05) is 190 Å². The van der Waals surface area contributed by atoms with Crippen LogP contribution in [0.3, 0.4) is 0 Å². The third kappa shape index (κ3) is 12.3. The lowest BCUT2D eigenvalue weighted by atomic mass is 9.60. The van der Waals surface area contributed by atoms with Crippen molar-refractivity contribution in [2.45, 2.75) is 191 Å². The molecule has 1 unspecified atom stereocenters. The van der Waals surface area contributed by atoms with E-state index in [1.54, 1.807) is 130 Å². The van der Waals surface area contributed by atoms with E-state index < -0.39 is 209 Å². The molecule has 24 heteroatoms. The molecule has 0 spiro atoms. The third-order valence-corrected chi connectivity index (χ3v) is 30.1. The quantitative estimate of drug-likeness (QED) is 0.0256. The smallest absolute Gasteiger partial charge is 0.321 e. The Bertz CT molecular complexity index is 4200. The Balaban J connectivity index is 0.000000149. The minimum absolute atomic E-state index is 0.00501. The second-order valence-electron chi connectivity index (χ2n) is 37.0. The monoisotopic (exact) mass is 1570 g/mol. The van der Waals surface area contributed by atoms with Gasteiger partial charge in [0.15, 0.2) is 35.1 Å². The lowest BCUT2D eigenvalue weighted by molar-refractivity contribution is -0.190. The van der Waals surface area contributed by atoms with Gasteiger partial charge in [0.05, 0.1) is 36.6 Å². The maximum absolute atomic E-state index is 13.4. The fourth-order valence-electron chi connectivity index (χ4n) is 23.9. The zero-order chi connectivity index (χ0) is 83.5. The van der Waals surface area contributed by atoms with E-state index in [2.05, 4.69) is 0 Å². The number of rotatable bonds is 18. The predicted octanol–water partition coefficient (Wildman–Crippen LogP) is 7.36. The molecule has 3 aromatic rings. The summed E-state index contributed by atoms with van der Waals surface area (Å²) in [6.45, 7) is 20.7. The normalized spacial score (nSPS) is 39.5. The number of aliphatic carboxylic acids is 3. The minimum atomic E-state index is -1.86. The van der Waals surface area contributed by atoms with Crippen molar-refractivity contribution in [1.82, 2.24) is 0 Å². The zero-order valence-corrected chi connectivity index (χ0v) is 66.5. The second kappa shape index (κ2) is 28.4. The number of ketones is 3. The Kier molecular flexibility index (Phi) is 20.8. The standard InChI is InChI=1S/3C30H36O8/c3*1-16-10-22-28(36,24(16)32)14-19(15-31)12-21-23-27(3,4)29(23,13-17(2)30(21,22)37)38-26(35)20(25(33)34)11-18-8-6-5-7-9-18/h3*5-10,12,17,20-23,31,36-37H,11,13-15H2,1-4H3,(H,33,34)/t17-,20?,21+,22-,23-,28-,29+,30-;17-,20+,21+,22-,23-,28-,29+,30-;17-,20-,21+,22-,23-,28-,29+,30-/m111/s1. The van der Waals surface area contributed by atoms with E-state index in [1.807, 2.05) is 80.5 Å². The summed E-state index contributed by atoms with van der Waals surface area (Å²) >= 11 is 0. The first-order valence-electron chi connectivity index (χ1n) is 39.7. The van der Waals surface area contributed by atoms with Gasteiger partial charge < -0.3 is 75.5 Å². The highest BCUT2D eigenvalue weighted by molar-refractivity contribution is 6.06. The number of carbonyl (C=O) groups is 9. The molecule has 114 heavy (non-hydrogen) atoms. The maximum atomic E-state index is 13.4. The van der Waals surface area contributed by atoms with Crippen molar-refractivity contribution in [1.29, 1.82) is 0 Å². The second-order valence-corrected chi connectivity index (χ2v) is 37.0. The largest absolute Gasteiger partial charge is 0.481 e. The van der Waals surface area contributed by atoms with Crippen LogP contribution in [0, 0.1) is 105 Å². The topological polar surface area (TPSA) is 424 Å². The van der Waals surface area contributed by atoms with Gasteiger partial charge in [0, 0.05) is 88.8 Å². The molecule has 0 radical (unpaired) electrons. The van der Waals surface area contributed by atoms with E-state index in [9.17, 15) is 104 Å². The number of fused-ring (bicyclic) bond motifs is 15. The van der Waals surface area contributed by atoms with Crippen LogP contribution >= 0.6 is 0 Å². The number of benzene rings is 3. The van der Waals surface area contributed by atoms with Crippen LogP contribution in [-0.2, 0) is 76.6 Å². The van der Waals surface area contributed by atoms with Crippen LogP contribution in [0.25, 0.3) is 0 Å². The summed E-state index contributed by atoms with van der Waals surface area (Å²) in [6, 6.07) is 26.7. The van der Waals surface area contributed by atoms with Gasteiger partial charge in [-0.05, 0) is 127 Å². The van der Waals surface area contributed by atoms with Crippen LogP contribution in [0.5, 0.6) is 0 Å². The molecule has 6 saturated carbocycles. The molecule has 612 valence electrons.